The fourth-order valence-electron chi connectivity index (χ4n) is 0.935. The molecule has 0 amide bonds. The van der Waals surface area contributed by atoms with Crippen LogP contribution in [0, 0.1) is 3.57 Å². The Balaban J connectivity index is 2.78. The van der Waals surface area contributed by atoms with Crippen molar-refractivity contribution < 1.29 is 14.6 Å². The molecule has 0 aliphatic carbocycles. The van der Waals surface area contributed by atoms with Gasteiger partial charge in [0.15, 0.2) is 6.10 Å². The second-order valence-corrected chi connectivity index (χ2v) is 3.84. The van der Waals surface area contributed by atoms with Gasteiger partial charge in [-0.3, -0.25) is 4.98 Å². The molecule has 4 nitrogen and oxygen atoms in total. The Kier molecular flexibility index (Phi) is 4.27. The molecular weight excluding hydrogens is 297 g/mol. The van der Waals surface area contributed by atoms with Gasteiger partial charge in [-0.05, 0) is 35.6 Å². The molecule has 1 heterocycles. The van der Waals surface area contributed by atoms with Gasteiger partial charge in [-0.25, -0.2) is 4.79 Å². The molecule has 1 rings (SSSR count). The van der Waals surface area contributed by atoms with Gasteiger partial charge in [-0.1, -0.05) is 0 Å². The number of carbonyl (C=O) groups excluding carboxylic acids is 1. The first-order valence-corrected chi connectivity index (χ1v) is 5.18. The van der Waals surface area contributed by atoms with Crippen molar-refractivity contribution in [1.82, 2.24) is 4.98 Å². The Morgan fingerprint density at radius 3 is 3.00 bits per heavy atom. The molecule has 0 aliphatic heterocycles. The predicted molar refractivity (Wildman–Crippen MR) is 58.5 cm³/mol. The minimum atomic E-state index is -1.24. The topological polar surface area (TPSA) is 59.4 Å². The lowest BCUT2D eigenvalue weighted by molar-refractivity contribution is -0.153. The van der Waals surface area contributed by atoms with Crippen LogP contribution >= 0.6 is 22.6 Å². The van der Waals surface area contributed by atoms with E-state index in [1.165, 1.54) is 6.20 Å². The standard InChI is InChI=1S/C9H10INO3/c1-2-14-9(13)8(12)6-3-7(10)5-11-4-6/h3-5,8,12H,2H2,1H3/t8-/m1/s1. The number of aliphatic hydroxyl groups is 1. The van der Waals surface area contributed by atoms with E-state index in [0.717, 1.165) is 3.57 Å². The maximum absolute atomic E-state index is 11.2. The zero-order valence-corrected chi connectivity index (χ0v) is 9.76. The van der Waals surface area contributed by atoms with Crippen LogP contribution < -0.4 is 0 Å². The Morgan fingerprint density at radius 2 is 2.43 bits per heavy atom. The van der Waals surface area contributed by atoms with Crippen LogP contribution in [0.2, 0.25) is 0 Å². The summed E-state index contributed by atoms with van der Waals surface area (Å²) in [7, 11) is 0. The van der Waals surface area contributed by atoms with Crippen LogP contribution in [-0.2, 0) is 9.53 Å². The van der Waals surface area contributed by atoms with Gasteiger partial charge in [-0.15, -0.1) is 0 Å². The van der Waals surface area contributed by atoms with Gasteiger partial charge in [0.2, 0.25) is 0 Å². The Morgan fingerprint density at radius 1 is 1.71 bits per heavy atom. The highest BCUT2D eigenvalue weighted by Gasteiger charge is 2.18. The highest BCUT2D eigenvalue weighted by atomic mass is 127. The van der Waals surface area contributed by atoms with Crippen LogP contribution in [0.5, 0.6) is 0 Å². The summed E-state index contributed by atoms with van der Waals surface area (Å²) in [6, 6.07) is 1.69. The van der Waals surface area contributed by atoms with Gasteiger partial charge in [0.05, 0.1) is 6.61 Å². The largest absolute Gasteiger partial charge is 0.464 e. The first-order valence-electron chi connectivity index (χ1n) is 4.10. The van der Waals surface area contributed by atoms with Crippen LogP contribution in [0.1, 0.15) is 18.6 Å². The van der Waals surface area contributed by atoms with Crippen molar-refractivity contribution in [2.45, 2.75) is 13.0 Å². The molecule has 1 N–H and O–H groups in total. The molecule has 0 saturated heterocycles. The molecule has 0 bridgehead atoms. The maximum atomic E-state index is 11.2. The molecule has 0 saturated carbocycles. The average molecular weight is 307 g/mol. The molecule has 0 radical (unpaired) electrons. The molecule has 0 fully saturated rings. The number of pyridine rings is 1. The van der Waals surface area contributed by atoms with Crippen molar-refractivity contribution in [3.63, 3.8) is 0 Å². The van der Waals surface area contributed by atoms with E-state index < -0.39 is 12.1 Å². The summed E-state index contributed by atoms with van der Waals surface area (Å²) in [4.78, 5) is 15.0. The normalized spacial score (nSPS) is 12.2. The molecule has 1 atom stereocenters. The zero-order valence-electron chi connectivity index (χ0n) is 7.61. The number of hydrogen-bond acceptors (Lipinski definition) is 4. The van der Waals surface area contributed by atoms with Gasteiger partial charge in [0.1, 0.15) is 0 Å². The lowest BCUT2D eigenvalue weighted by Gasteiger charge is -2.09. The molecule has 0 spiro atoms. The van der Waals surface area contributed by atoms with Gasteiger partial charge < -0.3 is 9.84 Å². The number of aromatic nitrogens is 1. The summed E-state index contributed by atoms with van der Waals surface area (Å²) in [5.41, 5.74) is 0.454. The number of hydrogen-bond donors (Lipinski definition) is 1. The maximum Gasteiger partial charge on any atom is 0.339 e. The third kappa shape index (κ3) is 2.91. The number of nitrogens with zero attached hydrogens (tertiary/aromatic N) is 1. The number of esters is 1. The van der Waals surface area contributed by atoms with Crippen molar-refractivity contribution in [1.29, 1.82) is 0 Å². The van der Waals surface area contributed by atoms with Crippen LogP contribution in [0.15, 0.2) is 18.5 Å². The lowest BCUT2D eigenvalue weighted by atomic mass is 10.2. The smallest absolute Gasteiger partial charge is 0.339 e. The highest BCUT2D eigenvalue weighted by Crippen LogP contribution is 2.15. The van der Waals surface area contributed by atoms with Crippen molar-refractivity contribution in [3.05, 3.63) is 27.6 Å². The molecule has 5 heteroatoms. The Bertz CT molecular complexity index is 330. The minimum Gasteiger partial charge on any atom is -0.464 e. The van der Waals surface area contributed by atoms with Crippen LogP contribution in [0.25, 0.3) is 0 Å². The summed E-state index contributed by atoms with van der Waals surface area (Å²) in [5.74, 6) is -0.642. The molecule has 14 heavy (non-hydrogen) atoms. The summed E-state index contributed by atoms with van der Waals surface area (Å²) in [5, 5.41) is 9.53. The number of halogens is 1. The first kappa shape index (κ1) is 11.4. The van der Waals surface area contributed by atoms with E-state index in [1.807, 2.05) is 0 Å². The Hall–Kier alpha value is -0.690. The summed E-state index contributed by atoms with van der Waals surface area (Å²) < 4.78 is 5.54. The van der Waals surface area contributed by atoms with Gasteiger partial charge in [0, 0.05) is 21.5 Å². The third-order valence-electron chi connectivity index (χ3n) is 1.55. The number of aliphatic hydroxyl groups excluding tert-OH is 1. The number of carbonyl (C=O) groups is 1. The quantitative estimate of drug-likeness (QED) is 0.675. The molecule has 0 aliphatic rings. The molecule has 0 aromatic carbocycles. The van der Waals surface area contributed by atoms with Gasteiger partial charge >= 0.3 is 5.97 Å². The third-order valence-corrected chi connectivity index (χ3v) is 2.14. The molecule has 76 valence electrons. The molecular formula is C9H10INO3. The van der Waals surface area contributed by atoms with E-state index in [-0.39, 0.29) is 6.61 Å². The molecule has 1 aromatic heterocycles. The van der Waals surface area contributed by atoms with Crippen LogP contribution in [0.3, 0.4) is 0 Å². The first-order chi connectivity index (χ1) is 6.65. The van der Waals surface area contributed by atoms with E-state index in [4.69, 9.17) is 0 Å². The summed E-state index contributed by atoms with van der Waals surface area (Å²) in [6.07, 6.45) is 1.85. The second-order valence-electron chi connectivity index (χ2n) is 2.59. The minimum absolute atomic E-state index is 0.257. The van der Waals surface area contributed by atoms with E-state index in [1.54, 1.807) is 19.2 Å². The average Bonchev–Trinajstić information content (AvgIpc) is 2.17. The van der Waals surface area contributed by atoms with Gasteiger partial charge in [-0.2, -0.15) is 0 Å². The molecule has 1 aromatic rings. The summed E-state index contributed by atoms with van der Waals surface area (Å²) in [6.45, 7) is 1.95. The highest BCUT2D eigenvalue weighted by molar-refractivity contribution is 14.1. The Labute approximate surface area is 95.4 Å². The van der Waals surface area contributed by atoms with Crippen molar-refractivity contribution in [2.75, 3.05) is 6.61 Å². The zero-order chi connectivity index (χ0) is 10.6. The van der Waals surface area contributed by atoms with Gasteiger partial charge in [0.25, 0.3) is 0 Å². The van der Waals surface area contributed by atoms with Crippen molar-refractivity contribution >= 4 is 28.6 Å². The van der Waals surface area contributed by atoms with E-state index in [2.05, 4.69) is 32.3 Å². The monoisotopic (exact) mass is 307 g/mol. The van der Waals surface area contributed by atoms with Crippen molar-refractivity contribution in [2.24, 2.45) is 0 Å². The second kappa shape index (κ2) is 5.26. The van der Waals surface area contributed by atoms with Crippen molar-refractivity contribution in [3.8, 4) is 0 Å². The molecule has 0 unspecified atom stereocenters. The SMILES string of the molecule is CCOC(=O)[C@H](O)c1cncc(I)c1. The number of ether oxygens (including phenoxy) is 1. The van der Waals surface area contributed by atoms with E-state index >= 15 is 0 Å². The van der Waals surface area contributed by atoms with E-state index in [9.17, 15) is 9.90 Å². The predicted octanol–water partition coefficient (Wildman–Crippen LogP) is 1.28. The lowest BCUT2D eigenvalue weighted by Crippen LogP contribution is -2.15. The fraction of sp³-hybridized carbons (Fsp3) is 0.333. The summed E-state index contributed by atoms with van der Waals surface area (Å²) >= 11 is 2.06. The van der Waals surface area contributed by atoms with Crippen LogP contribution in [-0.4, -0.2) is 22.7 Å². The number of rotatable bonds is 3. The van der Waals surface area contributed by atoms with E-state index in [0.29, 0.717) is 5.56 Å². The van der Waals surface area contributed by atoms with Crippen LogP contribution in [0.4, 0.5) is 0 Å². The fourth-order valence-corrected chi connectivity index (χ4v) is 1.46.